The number of halogens is 1. The van der Waals surface area contributed by atoms with Gasteiger partial charge in [0.25, 0.3) is 0 Å². The van der Waals surface area contributed by atoms with Gasteiger partial charge in [0.2, 0.25) is 5.91 Å². The SMILES string of the molecule is Cc1ncc(CC(N)=O)c(Cl)n1. The van der Waals surface area contributed by atoms with Crippen LogP contribution in [0.15, 0.2) is 6.20 Å². The van der Waals surface area contributed by atoms with Crippen molar-refractivity contribution >= 4 is 17.5 Å². The Morgan fingerprint density at radius 3 is 2.92 bits per heavy atom. The van der Waals surface area contributed by atoms with Gasteiger partial charge in [-0.1, -0.05) is 11.6 Å². The van der Waals surface area contributed by atoms with Crippen LogP contribution in [0.3, 0.4) is 0 Å². The Bertz CT molecular complexity index is 314. The Hall–Kier alpha value is -1.16. The summed E-state index contributed by atoms with van der Waals surface area (Å²) in [6.07, 6.45) is 1.59. The minimum atomic E-state index is -0.440. The summed E-state index contributed by atoms with van der Waals surface area (Å²) in [4.78, 5) is 18.3. The summed E-state index contributed by atoms with van der Waals surface area (Å²) < 4.78 is 0. The molecule has 64 valence electrons. The lowest BCUT2D eigenvalue weighted by molar-refractivity contribution is -0.117. The number of aryl methyl sites for hydroxylation is 1. The molecular weight excluding hydrogens is 178 g/mol. The van der Waals surface area contributed by atoms with E-state index in [4.69, 9.17) is 17.3 Å². The number of carbonyl (C=O) groups is 1. The van der Waals surface area contributed by atoms with Crippen molar-refractivity contribution in [3.8, 4) is 0 Å². The summed E-state index contributed by atoms with van der Waals surface area (Å²) in [6.45, 7) is 1.72. The maximum Gasteiger partial charge on any atom is 0.222 e. The van der Waals surface area contributed by atoms with Gasteiger partial charge >= 0.3 is 0 Å². The number of carbonyl (C=O) groups excluding carboxylic acids is 1. The highest BCUT2D eigenvalue weighted by atomic mass is 35.5. The van der Waals surface area contributed by atoms with E-state index in [-0.39, 0.29) is 6.42 Å². The average Bonchev–Trinajstić information content (AvgIpc) is 1.94. The number of hydrogen-bond acceptors (Lipinski definition) is 3. The van der Waals surface area contributed by atoms with Gasteiger partial charge in [-0.2, -0.15) is 0 Å². The monoisotopic (exact) mass is 185 g/mol. The van der Waals surface area contributed by atoms with Crippen molar-refractivity contribution in [2.45, 2.75) is 13.3 Å². The quantitative estimate of drug-likeness (QED) is 0.681. The lowest BCUT2D eigenvalue weighted by Crippen LogP contribution is -2.14. The van der Waals surface area contributed by atoms with Crippen molar-refractivity contribution in [1.82, 2.24) is 9.97 Å². The summed E-state index contributed by atoms with van der Waals surface area (Å²) in [6, 6.07) is 0. The van der Waals surface area contributed by atoms with Crippen molar-refractivity contribution in [2.24, 2.45) is 5.73 Å². The number of aromatic nitrogens is 2. The first-order valence-corrected chi connectivity index (χ1v) is 3.73. The summed E-state index contributed by atoms with van der Waals surface area (Å²) >= 11 is 5.71. The van der Waals surface area contributed by atoms with Gasteiger partial charge in [-0.25, -0.2) is 9.97 Å². The van der Waals surface area contributed by atoms with E-state index < -0.39 is 5.91 Å². The van der Waals surface area contributed by atoms with E-state index in [0.717, 1.165) is 0 Å². The molecule has 2 N–H and O–H groups in total. The molecule has 1 amide bonds. The fraction of sp³-hybridized carbons (Fsp3) is 0.286. The summed E-state index contributed by atoms with van der Waals surface area (Å²) in [5.74, 6) is 0.137. The first kappa shape index (κ1) is 8.93. The zero-order valence-electron chi connectivity index (χ0n) is 6.54. The third-order valence-corrected chi connectivity index (χ3v) is 1.62. The van der Waals surface area contributed by atoms with Gasteiger partial charge < -0.3 is 5.73 Å². The van der Waals surface area contributed by atoms with Gasteiger partial charge in [0.15, 0.2) is 0 Å². The summed E-state index contributed by atoms with van der Waals surface area (Å²) in [5.41, 5.74) is 5.54. The number of amides is 1. The summed E-state index contributed by atoms with van der Waals surface area (Å²) in [5, 5.41) is 0.293. The third kappa shape index (κ3) is 2.17. The molecule has 0 aliphatic heterocycles. The number of hydrogen-bond donors (Lipinski definition) is 1. The molecule has 1 aromatic rings. The molecule has 0 saturated heterocycles. The molecule has 0 bridgehead atoms. The van der Waals surface area contributed by atoms with E-state index in [2.05, 4.69) is 9.97 Å². The van der Waals surface area contributed by atoms with Crippen LogP contribution in [0.1, 0.15) is 11.4 Å². The maximum absolute atomic E-state index is 10.5. The highest BCUT2D eigenvalue weighted by molar-refractivity contribution is 6.30. The maximum atomic E-state index is 10.5. The molecule has 12 heavy (non-hydrogen) atoms. The lowest BCUT2D eigenvalue weighted by atomic mass is 10.2. The van der Waals surface area contributed by atoms with Gasteiger partial charge in [-0.3, -0.25) is 4.79 Å². The van der Waals surface area contributed by atoms with E-state index in [1.165, 1.54) is 6.20 Å². The smallest absolute Gasteiger partial charge is 0.222 e. The van der Waals surface area contributed by atoms with E-state index in [1.54, 1.807) is 6.92 Å². The molecule has 1 aromatic heterocycles. The van der Waals surface area contributed by atoms with Crippen LogP contribution in [-0.4, -0.2) is 15.9 Å². The predicted octanol–water partition coefficient (Wildman–Crippen LogP) is 0.466. The highest BCUT2D eigenvalue weighted by Gasteiger charge is 2.05. The first-order chi connectivity index (χ1) is 5.59. The second-order valence-corrected chi connectivity index (χ2v) is 2.73. The Morgan fingerprint density at radius 2 is 2.42 bits per heavy atom. The van der Waals surface area contributed by atoms with Gasteiger partial charge in [-0.15, -0.1) is 0 Å². The van der Waals surface area contributed by atoms with Gasteiger partial charge in [0.05, 0.1) is 6.42 Å². The van der Waals surface area contributed by atoms with Crippen molar-refractivity contribution < 1.29 is 4.79 Å². The molecule has 4 nitrogen and oxygen atoms in total. The van der Waals surface area contributed by atoms with Crippen LogP contribution in [0.4, 0.5) is 0 Å². The highest BCUT2D eigenvalue weighted by Crippen LogP contribution is 2.11. The minimum absolute atomic E-state index is 0.0825. The Labute approximate surface area is 74.8 Å². The second-order valence-electron chi connectivity index (χ2n) is 2.38. The van der Waals surface area contributed by atoms with Crippen molar-refractivity contribution in [3.05, 3.63) is 22.7 Å². The number of nitrogens with zero attached hydrogens (tertiary/aromatic N) is 2. The molecule has 0 radical (unpaired) electrons. The average molecular weight is 186 g/mol. The molecule has 1 rings (SSSR count). The predicted molar refractivity (Wildman–Crippen MR) is 44.7 cm³/mol. The van der Waals surface area contributed by atoms with Crippen LogP contribution in [0.5, 0.6) is 0 Å². The van der Waals surface area contributed by atoms with E-state index in [0.29, 0.717) is 16.5 Å². The van der Waals surface area contributed by atoms with Gasteiger partial charge in [-0.05, 0) is 6.92 Å². The molecule has 0 saturated carbocycles. The molecule has 0 fully saturated rings. The van der Waals surface area contributed by atoms with E-state index in [9.17, 15) is 4.79 Å². The third-order valence-electron chi connectivity index (χ3n) is 1.30. The molecule has 0 aliphatic rings. The van der Waals surface area contributed by atoms with Crippen molar-refractivity contribution in [2.75, 3.05) is 0 Å². The second kappa shape index (κ2) is 3.49. The summed E-state index contributed by atoms with van der Waals surface area (Å²) in [7, 11) is 0. The molecule has 0 atom stereocenters. The van der Waals surface area contributed by atoms with Crippen LogP contribution in [0, 0.1) is 6.92 Å². The zero-order chi connectivity index (χ0) is 9.14. The van der Waals surface area contributed by atoms with Crippen LogP contribution < -0.4 is 5.73 Å². The topological polar surface area (TPSA) is 68.9 Å². The van der Waals surface area contributed by atoms with Crippen LogP contribution in [0.2, 0.25) is 5.15 Å². The lowest BCUT2D eigenvalue weighted by Gasteiger charge is -1.99. The van der Waals surface area contributed by atoms with Crippen LogP contribution in [0.25, 0.3) is 0 Å². The zero-order valence-corrected chi connectivity index (χ0v) is 7.30. The standard InChI is InChI=1S/C7H8ClN3O/c1-4-10-3-5(2-6(9)12)7(8)11-4/h3H,2H2,1H3,(H2,9,12). The molecule has 0 spiro atoms. The van der Waals surface area contributed by atoms with Gasteiger partial charge in [0.1, 0.15) is 11.0 Å². The normalized spacial score (nSPS) is 9.83. The largest absolute Gasteiger partial charge is 0.369 e. The first-order valence-electron chi connectivity index (χ1n) is 3.36. The Kier molecular flexibility index (Phi) is 2.60. The fourth-order valence-electron chi connectivity index (χ4n) is 0.774. The van der Waals surface area contributed by atoms with Crippen LogP contribution >= 0.6 is 11.6 Å². The Balaban J connectivity index is 2.93. The van der Waals surface area contributed by atoms with Crippen LogP contribution in [-0.2, 0) is 11.2 Å². The van der Waals surface area contributed by atoms with Gasteiger partial charge in [0, 0.05) is 11.8 Å². The number of nitrogens with two attached hydrogens (primary N) is 1. The van der Waals surface area contributed by atoms with Crippen molar-refractivity contribution in [1.29, 1.82) is 0 Å². The molecule has 0 aromatic carbocycles. The Morgan fingerprint density at radius 1 is 1.75 bits per heavy atom. The number of primary amides is 1. The minimum Gasteiger partial charge on any atom is -0.369 e. The molecule has 0 unspecified atom stereocenters. The number of rotatable bonds is 2. The molecule has 1 heterocycles. The van der Waals surface area contributed by atoms with E-state index >= 15 is 0 Å². The van der Waals surface area contributed by atoms with E-state index in [1.807, 2.05) is 0 Å². The molecular formula is C7H8ClN3O. The molecule has 5 heteroatoms. The fourth-order valence-corrected chi connectivity index (χ4v) is 1.01. The van der Waals surface area contributed by atoms with Crippen molar-refractivity contribution in [3.63, 3.8) is 0 Å². The molecule has 0 aliphatic carbocycles.